The van der Waals surface area contributed by atoms with Crippen molar-refractivity contribution in [3.05, 3.63) is 127 Å². The molecule has 0 aliphatic heterocycles. The zero-order valence-corrected chi connectivity index (χ0v) is 17.5. The standard InChI is InChI=1S/C30H21N2/c1-3-11-25-21(9-1)17-23(27-13-5-7-15-29(25)27)19-31-32-20-24-18-22-10-2-4-12-26(22)30-16-8-6-14-28(24)30/h1-20,31H. The largest absolute Gasteiger partial charge is 0.300 e. The van der Waals surface area contributed by atoms with Gasteiger partial charge in [-0.25, -0.2) is 0 Å². The molecule has 0 saturated carbocycles. The lowest BCUT2D eigenvalue weighted by Gasteiger charge is -2.10. The summed E-state index contributed by atoms with van der Waals surface area (Å²) < 4.78 is 0. The van der Waals surface area contributed by atoms with Gasteiger partial charge in [0.15, 0.2) is 0 Å². The van der Waals surface area contributed by atoms with Crippen molar-refractivity contribution >= 4 is 49.3 Å². The number of rotatable bonds is 4. The molecular weight excluding hydrogens is 388 g/mol. The smallest absolute Gasteiger partial charge is 0.0954 e. The summed E-state index contributed by atoms with van der Waals surface area (Å²) in [7, 11) is 0. The van der Waals surface area contributed by atoms with Crippen molar-refractivity contribution in [3.63, 3.8) is 0 Å². The SMILES string of the molecule is [CH](NN=Cc1cc2ccccc2c2ccccc12)c1cc2ccccc2c2ccccc12. The normalized spacial score (nSPS) is 11.8. The van der Waals surface area contributed by atoms with Gasteiger partial charge in [0, 0.05) is 5.56 Å². The fourth-order valence-corrected chi connectivity index (χ4v) is 4.61. The van der Waals surface area contributed by atoms with Gasteiger partial charge >= 0.3 is 0 Å². The van der Waals surface area contributed by atoms with Crippen molar-refractivity contribution < 1.29 is 0 Å². The molecule has 32 heavy (non-hydrogen) atoms. The van der Waals surface area contributed by atoms with Crippen LogP contribution in [0, 0.1) is 6.54 Å². The third kappa shape index (κ3) is 3.17. The van der Waals surface area contributed by atoms with Crippen LogP contribution >= 0.6 is 0 Å². The second-order valence-corrected chi connectivity index (χ2v) is 8.00. The van der Waals surface area contributed by atoms with Crippen molar-refractivity contribution in [2.75, 3.05) is 0 Å². The monoisotopic (exact) mass is 409 g/mol. The third-order valence-electron chi connectivity index (χ3n) is 6.10. The second-order valence-electron chi connectivity index (χ2n) is 8.00. The maximum atomic E-state index is 4.55. The molecule has 6 aromatic carbocycles. The fraction of sp³-hybridized carbons (Fsp3) is 0. The molecule has 2 heteroatoms. The quantitative estimate of drug-likeness (QED) is 0.183. The van der Waals surface area contributed by atoms with Gasteiger partial charge in [-0.2, -0.15) is 5.10 Å². The highest BCUT2D eigenvalue weighted by atomic mass is 15.3. The summed E-state index contributed by atoms with van der Waals surface area (Å²) in [4.78, 5) is 0. The summed E-state index contributed by atoms with van der Waals surface area (Å²) in [6.07, 6.45) is 1.91. The van der Waals surface area contributed by atoms with Crippen molar-refractivity contribution in [1.82, 2.24) is 5.43 Å². The Balaban J connectivity index is 1.35. The molecular formula is C30H21N2. The molecule has 0 heterocycles. The first-order chi connectivity index (χ1) is 15.9. The highest BCUT2D eigenvalue weighted by Gasteiger charge is 2.07. The highest BCUT2D eigenvalue weighted by Crippen LogP contribution is 2.30. The van der Waals surface area contributed by atoms with Crippen LogP contribution < -0.4 is 5.43 Å². The van der Waals surface area contributed by atoms with Gasteiger partial charge in [-0.1, -0.05) is 97.1 Å². The number of hydrogen-bond donors (Lipinski definition) is 1. The van der Waals surface area contributed by atoms with Gasteiger partial charge < -0.3 is 5.43 Å². The molecule has 0 saturated heterocycles. The Morgan fingerprint density at radius 1 is 0.469 bits per heavy atom. The molecule has 0 unspecified atom stereocenters. The number of benzene rings is 6. The van der Waals surface area contributed by atoms with Crippen molar-refractivity contribution in [2.24, 2.45) is 5.10 Å². The topological polar surface area (TPSA) is 24.4 Å². The predicted octanol–water partition coefficient (Wildman–Crippen LogP) is 7.43. The van der Waals surface area contributed by atoms with Crippen LogP contribution in [0.4, 0.5) is 0 Å². The van der Waals surface area contributed by atoms with Gasteiger partial charge in [0.05, 0.1) is 12.8 Å². The van der Waals surface area contributed by atoms with Crippen LogP contribution in [0.1, 0.15) is 11.1 Å². The van der Waals surface area contributed by atoms with Crippen LogP contribution in [0.3, 0.4) is 0 Å². The van der Waals surface area contributed by atoms with E-state index in [2.05, 4.69) is 120 Å². The van der Waals surface area contributed by atoms with Gasteiger partial charge in [-0.05, 0) is 60.8 Å². The molecule has 0 aromatic heterocycles. The van der Waals surface area contributed by atoms with Crippen molar-refractivity contribution in [2.45, 2.75) is 0 Å². The average molecular weight is 410 g/mol. The van der Waals surface area contributed by atoms with Gasteiger partial charge in [0.1, 0.15) is 0 Å². The number of nitrogens with zero attached hydrogens (tertiary/aromatic N) is 1. The maximum absolute atomic E-state index is 4.55. The molecule has 0 bridgehead atoms. The third-order valence-corrected chi connectivity index (χ3v) is 6.10. The Kier molecular flexibility index (Phi) is 4.54. The molecule has 0 amide bonds. The van der Waals surface area contributed by atoms with E-state index < -0.39 is 0 Å². The average Bonchev–Trinajstić information content (AvgIpc) is 2.86. The van der Waals surface area contributed by atoms with Crippen LogP contribution in [-0.2, 0) is 0 Å². The first-order valence-electron chi connectivity index (χ1n) is 10.8. The molecule has 6 rings (SSSR count). The summed E-state index contributed by atoms with van der Waals surface area (Å²) in [5.41, 5.74) is 5.39. The van der Waals surface area contributed by atoms with E-state index in [0.717, 1.165) is 11.1 Å². The molecule has 0 aliphatic rings. The first kappa shape index (κ1) is 18.6. The van der Waals surface area contributed by atoms with Crippen molar-refractivity contribution in [3.8, 4) is 0 Å². The highest BCUT2D eigenvalue weighted by molar-refractivity contribution is 6.14. The van der Waals surface area contributed by atoms with Crippen molar-refractivity contribution in [1.29, 1.82) is 0 Å². The summed E-state index contributed by atoms with van der Waals surface area (Å²) in [6.45, 7) is 1.98. The van der Waals surface area contributed by atoms with Gasteiger partial charge in [-0.3, -0.25) is 0 Å². The number of fused-ring (bicyclic) bond motifs is 6. The lowest BCUT2D eigenvalue weighted by Crippen LogP contribution is -2.03. The molecule has 1 N–H and O–H groups in total. The van der Waals surface area contributed by atoms with Crippen LogP contribution in [0.25, 0.3) is 43.1 Å². The minimum Gasteiger partial charge on any atom is -0.300 e. The zero-order valence-electron chi connectivity index (χ0n) is 17.5. The molecule has 0 fully saturated rings. The number of hydrazone groups is 1. The Hall–Kier alpha value is -4.17. The maximum Gasteiger partial charge on any atom is 0.0954 e. The van der Waals surface area contributed by atoms with Crippen LogP contribution in [0.5, 0.6) is 0 Å². The van der Waals surface area contributed by atoms with E-state index in [1.54, 1.807) is 0 Å². The first-order valence-corrected chi connectivity index (χ1v) is 10.8. The lowest BCUT2D eigenvalue weighted by molar-refractivity contribution is 0.909. The summed E-state index contributed by atoms with van der Waals surface area (Å²) >= 11 is 0. The van der Waals surface area contributed by atoms with Gasteiger partial charge in [0.25, 0.3) is 0 Å². The Morgan fingerprint density at radius 2 is 0.906 bits per heavy atom. The van der Waals surface area contributed by atoms with E-state index >= 15 is 0 Å². The van der Waals surface area contributed by atoms with E-state index in [9.17, 15) is 0 Å². The van der Waals surface area contributed by atoms with E-state index in [-0.39, 0.29) is 0 Å². The van der Waals surface area contributed by atoms with Gasteiger partial charge in [-0.15, -0.1) is 0 Å². The summed E-state index contributed by atoms with van der Waals surface area (Å²) in [6, 6.07) is 38.4. The molecule has 2 nitrogen and oxygen atoms in total. The van der Waals surface area contributed by atoms with Gasteiger partial charge in [0.2, 0.25) is 0 Å². The lowest BCUT2D eigenvalue weighted by atomic mass is 9.97. The summed E-state index contributed by atoms with van der Waals surface area (Å²) in [5.74, 6) is 0. The fourth-order valence-electron chi connectivity index (χ4n) is 4.61. The number of nitrogens with one attached hydrogen (secondary N) is 1. The Labute approximate surface area is 186 Å². The van der Waals surface area contributed by atoms with Crippen LogP contribution in [0.2, 0.25) is 0 Å². The van der Waals surface area contributed by atoms with E-state index in [1.165, 1.54) is 43.1 Å². The molecule has 0 atom stereocenters. The molecule has 0 spiro atoms. The molecule has 151 valence electrons. The van der Waals surface area contributed by atoms with Crippen LogP contribution in [-0.4, -0.2) is 6.21 Å². The van der Waals surface area contributed by atoms with E-state index in [0.29, 0.717) is 0 Å². The predicted molar refractivity (Wildman–Crippen MR) is 137 cm³/mol. The summed E-state index contributed by atoms with van der Waals surface area (Å²) in [5, 5.41) is 14.4. The van der Waals surface area contributed by atoms with E-state index in [1.807, 2.05) is 12.8 Å². The second kappa shape index (κ2) is 7.82. The van der Waals surface area contributed by atoms with E-state index in [4.69, 9.17) is 0 Å². The Bertz CT molecular complexity index is 1630. The number of hydrogen-bond acceptors (Lipinski definition) is 2. The minimum absolute atomic E-state index is 1.10. The zero-order chi connectivity index (χ0) is 21.3. The molecule has 0 aliphatic carbocycles. The molecule has 6 aromatic rings. The molecule has 1 radical (unpaired) electrons. The van der Waals surface area contributed by atoms with Crippen LogP contribution in [0.15, 0.2) is 114 Å². The Morgan fingerprint density at radius 3 is 1.50 bits per heavy atom. The minimum atomic E-state index is 1.10.